The Hall–Kier alpha value is -1.16. The van der Waals surface area contributed by atoms with Crippen LogP contribution < -0.4 is 5.43 Å². The van der Waals surface area contributed by atoms with Crippen molar-refractivity contribution in [2.45, 2.75) is 33.6 Å². The standard InChI is InChI=1S/C11H17ClN4/c1-8(2)4-5-9(3)13-15-11-7-6-10(12)14-16-11/h6-8H,4-5H2,1-3H3,(H,15,16)/b13-9+. The molecule has 1 N–H and O–H groups in total. The highest BCUT2D eigenvalue weighted by Crippen LogP contribution is 2.07. The molecule has 0 fully saturated rings. The summed E-state index contributed by atoms with van der Waals surface area (Å²) in [6, 6.07) is 3.42. The first kappa shape index (κ1) is 12.9. The van der Waals surface area contributed by atoms with E-state index in [2.05, 4.69) is 34.6 Å². The van der Waals surface area contributed by atoms with Crippen LogP contribution in [0, 0.1) is 5.92 Å². The number of aromatic nitrogens is 2. The molecule has 0 saturated heterocycles. The van der Waals surface area contributed by atoms with E-state index in [1.807, 2.05) is 6.92 Å². The lowest BCUT2D eigenvalue weighted by molar-refractivity contribution is 0.602. The third kappa shape index (κ3) is 5.07. The van der Waals surface area contributed by atoms with Crippen molar-refractivity contribution in [2.75, 3.05) is 5.43 Å². The summed E-state index contributed by atoms with van der Waals surface area (Å²) in [5, 5.41) is 12.2. The van der Waals surface area contributed by atoms with Crippen LogP contribution in [0.1, 0.15) is 33.6 Å². The quantitative estimate of drug-likeness (QED) is 0.634. The van der Waals surface area contributed by atoms with Gasteiger partial charge >= 0.3 is 0 Å². The molecule has 0 aliphatic carbocycles. The molecule has 0 spiro atoms. The van der Waals surface area contributed by atoms with Gasteiger partial charge in [-0.25, -0.2) is 0 Å². The molecule has 88 valence electrons. The van der Waals surface area contributed by atoms with Gasteiger partial charge in [0.05, 0.1) is 0 Å². The van der Waals surface area contributed by atoms with E-state index in [1.54, 1.807) is 12.1 Å². The third-order valence-corrected chi connectivity index (χ3v) is 2.28. The number of hydrogen-bond acceptors (Lipinski definition) is 4. The van der Waals surface area contributed by atoms with Gasteiger partial charge in [0.1, 0.15) is 0 Å². The molecule has 16 heavy (non-hydrogen) atoms. The molecule has 1 aromatic heterocycles. The van der Waals surface area contributed by atoms with Gasteiger partial charge in [0.2, 0.25) is 0 Å². The molecule has 1 aromatic rings. The Bertz CT molecular complexity index is 346. The fourth-order valence-corrected chi connectivity index (χ4v) is 1.18. The number of hydrogen-bond donors (Lipinski definition) is 1. The molecular weight excluding hydrogens is 224 g/mol. The average Bonchev–Trinajstić information content (AvgIpc) is 2.25. The van der Waals surface area contributed by atoms with E-state index in [-0.39, 0.29) is 0 Å². The van der Waals surface area contributed by atoms with Gasteiger partial charge in [0, 0.05) is 5.71 Å². The number of hydrazone groups is 1. The molecule has 0 aliphatic rings. The van der Waals surface area contributed by atoms with Crippen molar-refractivity contribution in [3.05, 3.63) is 17.3 Å². The first-order valence-electron chi connectivity index (χ1n) is 5.36. The maximum absolute atomic E-state index is 5.62. The van der Waals surface area contributed by atoms with E-state index in [0.29, 0.717) is 16.9 Å². The Morgan fingerprint density at radius 2 is 2.19 bits per heavy atom. The van der Waals surface area contributed by atoms with Gasteiger partial charge in [-0.15, -0.1) is 10.2 Å². The maximum atomic E-state index is 5.62. The SMILES string of the molecule is C/C(CCC(C)C)=N\Nc1ccc(Cl)nn1. The molecule has 4 nitrogen and oxygen atoms in total. The number of rotatable bonds is 5. The predicted molar refractivity (Wildman–Crippen MR) is 67.8 cm³/mol. The Morgan fingerprint density at radius 1 is 1.44 bits per heavy atom. The van der Waals surface area contributed by atoms with Crippen molar-refractivity contribution in [2.24, 2.45) is 11.0 Å². The molecule has 0 aliphatic heterocycles. The van der Waals surface area contributed by atoms with E-state index >= 15 is 0 Å². The van der Waals surface area contributed by atoms with E-state index in [9.17, 15) is 0 Å². The lowest BCUT2D eigenvalue weighted by Crippen LogP contribution is -2.01. The highest BCUT2D eigenvalue weighted by Gasteiger charge is 1.97. The van der Waals surface area contributed by atoms with E-state index in [1.165, 1.54) is 0 Å². The minimum Gasteiger partial charge on any atom is -0.260 e. The summed E-state index contributed by atoms with van der Waals surface area (Å²) in [5.74, 6) is 1.30. The molecule has 0 radical (unpaired) electrons. The molecule has 0 atom stereocenters. The Labute approximate surface area is 101 Å². The summed E-state index contributed by atoms with van der Waals surface area (Å²) >= 11 is 5.62. The van der Waals surface area contributed by atoms with Gasteiger partial charge in [-0.2, -0.15) is 5.10 Å². The number of nitrogens with zero attached hydrogens (tertiary/aromatic N) is 3. The largest absolute Gasteiger partial charge is 0.260 e. The zero-order chi connectivity index (χ0) is 12.0. The van der Waals surface area contributed by atoms with Crippen LogP contribution in [0.3, 0.4) is 0 Å². The molecule has 0 unspecified atom stereocenters. The second-order valence-electron chi connectivity index (χ2n) is 4.13. The zero-order valence-corrected chi connectivity index (χ0v) is 10.6. The highest BCUT2D eigenvalue weighted by molar-refractivity contribution is 6.29. The van der Waals surface area contributed by atoms with Gasteiger partial charge in [-0.1, -0.05) is 25.4 Å². The van der Waals surface area contributed by atoms with Gasteiger partial charge in [0.15, 0.2) is 11.0 Å². The fraction of sp³-hybridized carbons (Fsp3) is 0.545. The summed E-state index contributed by atoms with van der Waals surface area (Å²) in [5.41, 5.74) is 3.91. The Morgan fingerprint density at radius 3 is 2.75 bits per heavy atom. The lowest BCUT2D eigenvalue weighted by Gasteiger charge is -2.04. The minimum absolute atomic E-state index is 0.381. The second kappa shape index (κ2) is 6.43. The lowest BCUT2D eigenvalue weighted by atomic mass is 10.1. The number of anilines is 1. The average molecular weight is 241 g/mol. The normalized spacial score (nSPS) is 11.9. The van der Waals surface area contributed by atoms with Crippen LogP contribution in [0.25, 0.3) is 0 Å². The predicted octanol–water partition coefficient (Wildman–Crippen LogP) is 3.35. The highest BCUT2D eigenvalue weighted by atomic mass is 35.5. The second-order valence-corrected chi connectivity index (χ2v) is 4.52. The Balaban J connectivity index is 2.43. The smallest absolute Gasteiger partial charge is 0.168 e. The summed E-state index contributed by atoms with van der Waals surface area (Å²) in [4.78, 5) is 0. The minimum atomic E-state index is 0.381. The molecule has 0 bridgehead atoms. The summed E-state index contributed by atoms with van der Waals surface area (Å²) in [7, 11) is 0. The first-order chi connectivity index (χ1) is 7.58. The van der Waals surface area contributed by atoms with Gasteiger partial charge in [-0.05, 0) is 37.8 Å². The van der Waals surface area contributed by atoms with Crippen LogP contribution in [0.5, 0.6) is 0 Å². The summed E-state index contributed by atoms with van der Waals surface area (Å²) < 4.78 is 0. The molecule has 1 heterocycles. The van der Waals surface area contributed by atoms with Gasteiger partial charge < -0.3 is 0 Å². The molecule has 5 heteroatoms. The third-order valence-electron chi connectivity index (χ3n) is 2.08. The van der Waals surface area contributed by atoms with Crippen LogP contribution in [0.2, 0.25) is 5.15 Å². The topological polar surface area (TPSA) is 50.2 Å². The monoisotopic (exact) mass is 240 g/mol. The summed E-state index contributed by atoms with van der Waals surface area (Å²) in [6.45, 7) is 6.40. The van der Waals surface area contributed by atoms with Crippen molar-refractivity contribution in [1.82, 2.24) is 10.2 Å². The van der Waals surface area contributed by atoms with Crippen molar-refractivity contribution < 1.29 is 0 Å². The van der Waals surface area contributed by atoms with Gasteiger partial charge in [0.25, 0.3) is 0 Å². The van der Waals surface area contributed by atoms with Crippen LogP contribution in [-0.4, -0.2) is 15.9 Å². The molecule has 1 rings (SSSR count). The van der Waals surface area contributed by atoms with Crippen LogP contribution >= 0.6 is 11.6 Å². The summed E-state index contributed by atoms with van der Waals surface area (Å²) in [6.07, 6.45) is 2.13. The van der Waals surface area contributed by atoms with Gasteiger partial charge in [-0.3, -0.25) is 5.43 Å². The van der Waals surface area contributed by atoms with Crippen molar-refractivity contribution in [3.63, 3.8) is 0 Å². The van der Waals surface area contributed by atoms with Crippen molar-refractivity contribution >= 4 is 23.1 Å². The van der Waals surface area contributed by atoms with Crippen LogP contribution in [0.4, 0.5) is 5.82 Å². The molecule has 0 aromatic carbocycles. The molecule has 0 saturated carbocycles. The number of nitrogens with one attached hydrogen (secondary N) is 1. The molecular formula is C11H17ClN4. The van der Waals surface area contributed by atoms with E-state index in [0.717, 1.165) is 18.6 Å². The van der Waals surface area contributed by atoms with Crippen LogP contribution in [-0.2, 0) is 0 Å². The maximum Gasteiger partial charge on any atom is 0.168 e. The van der Waals surface area contributed by atoms with Crippen molar-refractivity contribution in [3.8, 4) is 0 Å². The first-order valence-corrected chi connectivity index (χ1v) is 5.74. The Kier molecular flexibility index (Phi) is 5.19. The van der Waals surface area contributed by atoms with E-state index < -0.39 is 0 Å². The fourth-order valence-electron chi connectivity index (χ4n) is 1.08. The van der Waals surface area contributed by atoms with Crippen LogP contribution in [0.15, 0.2) is 17.2 Å². The van der Waals surface area contributed by atoms with E-state index in [4.69, 9.17) is 11.6 Å². The number of halogens is 1. The van der Waals surface area contributed by atoms with Crippen molar-refractivity contribution in [1.29, 1.82) is 0 Å². The molecule has 0 amide bonds. The zero-order valence-electron chi connectivity index (χ0n) is 9.87.